The van der Waals surface area contributed by atoms with E-state index in [4.69, 9.17) is 10.5 Å². The highest BCUT2D eigenvalue weighted by molar-refractivity contribution is 5.91. The Hall–Kier alpha value is -3.36. The van der Waals surface area contributed by atoms with Crippen LogP contribution in [0.25, 0.3) is 22.4 Å². The van der Waals surface area contributed by atoms with Crippen molar-refractivity contribution in [3.8, 4) is 11.3 Å². The van der Waals surface area contributed by atoms with Gasteiger partial charge in [-0.3, -0.25) is 4.79 Å². The molecule has 2 aromatic carbocycles. The second-order valence-electron chi connectivity index (χ2n) is 8.03. The molecule has 9 heteroatoms. The summed E-state index contributed by atoms with van der Waals surface area (Å²) in [6, 6.07) is 13.6. The first kappa shape index (κ1) is 25.3. The van der Waals surface area contributed by atoms with Gasteiger partial charge in [-0.05, 0) is 44.5 Å². The Morgan fingerprint density at radius 1 is 1.15 bits per heavy atom. The summed E-state index contributed by atoms with van der Waals surface area (Å²) in [7, 11) is 0. The smallest absolute Gasteiger partial charge is 0.322 e. The van der Waals surface area contributed by atoms with Gasteiger partial charge in [-0.15, -0.1) is 12.4 Å². The molecule has 0 amide bonds. The van der Waals surface area contributed by atoms with Crippen LogP contribution in [0, 0.1) is 5.82 Å². The molecular weight excluding hydrogens is 457 g/mol. The minimum absolute atomic E-state index is 0. The summed E-state index contributed by atoms with van der Waals surface area (Å²) < 4.78 is 22.7. The first-order valence-corrected chi connectivity index (χ1v) is 10.8. The zero-order chi connectivity index (χ0) is 23.6. The van der Waals surface area contributed by atoms with Crippen LogP contribution in [0.15, 0.2) is 61.2 Å². The van der Waals surface area contributed by atoms with E-state index in [2.05, 4.69) is 15.0 Å². The molecule has 4 aromatic rings. The second-order valence-corrected chi connectivity index (χ2v) is 8.03. The number of ether oxygens (including phenoxy) is 1. The van der Waals surface area contributed by atoms with Gasteiger partial charge in [0.1, 0.15) is 28.8 Å². The average molecular weight is 484 g/mol. The highest BCUT2D eigenvalue weighted by atomic mass is 35.5. The third-order valence-corrected chi connectivity index (χ3v) is 5.81. The van der Waals surface area contributed by atoms with E-state index in [1.165, 1.54) is 12.4 Å². The van der Waals surface area contributed by atoms with Gasteiger partial charge in [-0.2, -0.15) is 0 Å². The van der Waals surface area contributed by atoms with Crippen molar-refractivity contribution in [1.82, 2.24) is 19.5 Å². The van der Waals surface area contributed by atoms with Gasteiger partial charge < -0.3 is 15.0 Å². The number of nitrogens with two attached hydrogens (primary N) is 1. The van der Waals surface area contributed by atoms with Crippen LogP contribution < -0.4 is 5.73 Å². The van der Waals surface area contributed by atoms with E-state index >= 15 is 4.39 Å². The fraction of sp³-hybridized carbons (Fsp3) is 0.280. The lowest BCUT2D eigenvalue weighted by atomic mass is 9.73. The minimum atomic E-state index is -1.51. The van der Waals surface area contributed by atoms with Crippen molar-refractivity contribution in [2.45, 2.75) is 32.2 Å². The van der Waals surface area contributed by atoms with Gasteiger partial charge in [-0.1, -0.05) is 30.3 Å². The summed E-state index contributed by atoms with van der Waals surface area (Å²) in [6.45, 7) is 5.76. The van der Waals surface area contributed by atoms with E-state index in [0.717, 1.165) is 0 Å². The molecule has 0 saturated carbocycles. The largest absolute Gasteiger partial charge is 0.465 e. The van der Waals surface area contributed by atoms with Crippen LogP contribution in [0.2, 0.25) is 0 Å². The number of rotatable bonds is 7. The molecule has 0 saturated heterocycles. The summed E-state index contributed by atoms with van der Waals surface area (Å²) in [5, 5.41) is 0. The molecule has 0 aliphatic carbocycles. The van der Waals surface area contributed by atoms with Crippen molar-refractivity contribution >= 4 is 29.5 Å². The Bertz CT molecular complexity index is 1300. The number of benzene rings is 2. The van der Waals surface area contributed by atoms with E-state index in [1.54, 1.807) is 49.6 Å². The van der Waals surface area contributed by atoms with Gasteiger partial charge in [-0.25, -0.2) is 19.3 Å². The molecule has 0 spiro atoms. The van der Waals surface area contributed by atoms with Gasteiger partial charge in [0.15, 0.2) is 5.65 Å². The van der Waals surface area contributed by atoms with Crippen molar-refractivity contribution in [2.24, 2.45) is 5.73 Å². The highest BCUT2D eigenvalue weighted by Gasteiger charge is 2.44. The summed E-state index contributed by atoms with van der Waals surface area (Å²) in [5.41, 5.74) is 7.77. The third-order valence-electron chi connectivity index (χ3n) is 5.81. The molecule has 0 aliphatic rings. The molecule has 0 fully saturated rings. The van der Waals surface area contributed by atoms with Gasteiger partial charge in [0, 0.05) is 23.7 Å². The van der Waals surface area contributed by atoms with E-state index in [9.17, 15) is 4.79 Å². The van der Waals surface area contributed by atoms with Crippen molar-refractivity contribution in [1.29, 1.82) is 0 Å². The van der Waals surface area contributed by atoms with Crippen molar-refractivity contribution < 1.29 is 13.9 Å². The number of nitrogens with zero attached hydrogens (tertiary/aromatic N) is 4. The summed E-state index contributed by atoms with van der Waals surface area (Å²) in [4.78, 5) is 26.6. The van der Waals surface area contributed by atoms with Crippen LogP contribution in [-0.4, -0.2) is 38.6 Å². The number of fused-ring (bicyclic) bond motifs is 1. The Labute approximate surface area is 203 Å². The average Bonchev–Trinajstić information content (AvgIpc) is 3.27. The molecule has 1 unspecified atom stereocenters. The molecule has 4 rings (SSSR count). The maximum absolute atomic E-state index is 15.4. The zero-order valence-corrected chi connectivity index (χ0v) is 20.1. The number of esters is 1. The number of halogens is 2. The predicted octanol–water partition coefficient (Wildman–Crippen LogP) is 4.44. The van der Waals surface area contributed by atoms with E-state index < -0.39 is 17.2 Å². The molecule has 0 radical (unpaired) electrons. The van der Waals surface area contributed by atoms with Crippen LogP contribution >= 0.6 is 12.4 Å². The van der Waals surface area contributed by atoms with Crippen molar-refractivity contribution in [3.05, 3.63) is 78.1 Å². The fourth-order valence-corrected chi connectivity index (χ4v) is 4.11. The quantitative estimate of drug-likeness (QED) is 0.390. The zero-order valence-electron chi connectivity index (χ0n) is 19.2. The normalized spacial score (nSPS) is 12.9. The maximum Gasteiger partial charge on any atom is 0.322 e. The van der Waals surface area contributed by atoms with Crippen LogP contribution in [0.3, 0.4) is 0 Å². The monoisotopic (exact) mass is 483 g/mol. The Balaban J connectivity index is 0.00000324. The molecule has 34 heavy (non-hydrogen) atoms. The molecule has 0 aliphatic heterocycles. The molecule has 7 nitrogen and oxygen atoms in total. The van der Waals surface area contributed by atoms with Crippen LogP contribution in [0.1, 0.15) is 37.9 Å². The highest BCUT2D eigenvalue weighted by Crippen LogP contribution is 2.37. The number of aromatic nitrogens is 4. The third kappa shape index (κ3) is 4.15. The molecule has 2 aromatic heterocycles. The number of carbonyl (C=O) groups excluding carboxylic acids is 1. The maximum atomic E-state index is 15.4. The molecule has 0 bridgehead atoms. The fourth-order valence-electron chi connectivity index (χ4n) is 4.11. The van der Waals surface area contributed by atoms with Crippen molar-refractivity contribution in [2.75, 3.05) is 13.2 Å². The Kier molecular flexibility index (Phi) is 7.64. The molecule has 1 atom stereocenters. The first-order chi connectivity index (χ1) is 15.9. The van der Waals surface area contributed by atoms with Gasteiger partial charge in [0.25, 0.3) is 0 Å². The van der Waals surface area contributed by atoms with Crippen LogP contribution in [0.4, 0.5) is 4.39 Å². The summed E-state index contributed by atoms with van der Waals surface area (Å²) >= 11 is 0. The minimum Gasteiger partial charge on any atom is -0.465 e. The van der Waals surface area contributed by atoms with Gasteiger partial charge >= 0.3 is 5.97 Å². The van der Waals surface area contributed by atoms with Gasteiger partial charge in [0.2, 0.25) is 0 Å². The Morgan fingerprint density at radius 2 is 1.88 bits per heavy atom. The Morgan fingerprint density at radius 3 is 2.53 bits per heavy atom. The van der Waals surface area contributed by atoms with Gasteiger partial charge in [0.05, 0.1) is 12.9 Å². The number of imidazole rings is 1. The predicted molar refractivity (Wildman–Crippen MR) is 131 cm³/mol. The number of hydrogen-bond acceptors (Lipinski definition) is 6. The molecular formula is C25H27ClFN5O2. The SMILES string of the molecule is CCOC(=O)C(CN)(c1ccccc1)c1cc(-c2ncnc3c2ncn3C(C)C)ccc1F.Cl. The van der Waals surface area contributed by atoms with E-state index in [-0.39, 0.29) is 37.2 Å². The number of hydrogen-bond donors (Lipinski definition) is 1. The van der Waals surface area contributed by atoms with E-state index in [0.29, 0.717) is 28.0 Å². The summed E-state index contributed by atoms with van der Waals surface area (Å²) in [5.74, 6) is -1.16. The molecule has 2 heterocycles. The van der Waals surface area contributed by atoms with E-state index in [1.807, 2.05) is 24.5 Å². The first-order valence-electron chi connectivity index (χ1n) is 10.8. The molecule has 2 N–H and O–H groups in total. The van der Waals surface area contributed by atoms with Crippen molar-refractivity contribution in [3.63, 3.8) is 0 Å². The lowest BCUT2D eigenvalue weighted by Crippen LogP contribution is -2.46. The van der Waals surface area contributed by atoms with Crippen LogP contribution in [0.5, 0.6) is 0 Å². The lowest BCUT2D eigenvalue weighted by Gasteiger charge is -2.32. The lowest BCUT2D eigenvalue weighted by molar-refractivity contribution is -0.148. The summed E-state index contributed by atoms with van der Waals surface area (Å²) in [6.07, 6.45) is 3.17. The van der Waals surface area contributed by atoms with Crippen LogP contribution in [-0.2, 0) is 14.9 Å². The topological polar surface area (TPSA) is 95.9 Å². The molecule has 178 valence electrons. The standard InChI is InChI=1S/C25H26FN5O2.ClH/c1-4-33-24(32)25(13-27,18-8-6-5-7-9-18)19-12-17(10-11-20(19)26)21-22-23(29-14-28-21)31(15-30-22)16(2)3;/h5-12,14-16H,4,13,27H2,1-3H3;1H. The number of carbonyl (C=O) groups is 1. The second kappa shape index (κ2) is 10.3.